The van der Waals surface area contributed by atoms with Crippen LogP contribution in [0.1, 0.15) is 0 Å². The van der Waals surface area contributed by atoms with Crippen molar-refractivity contribution in [3.05, 3.63) is 0 Å². The van der Waals surface area contributed by atoms with Gasteiger partial charge in [-0.2, -0.15) is 0 Å². The van der Waals surface area contributed by atoms with Crippen LogP contribution in [0.5, 0.6) is 0 Å². The predicted octanol–water partition coefficient (Wildman–Crippen LogP) is -0.0125. The topological polar surface area (TPSA) is 0 Å². The van der Waals surface area contributed by atoms with Gasteiger partial charge in [-0.3, -0.25) is 0 Å². The second-order valence-corrected chi connectivity index (χ2v) is 0. The Labute approximate surface area is 92.7 Å². The van der Waals surface area contributed by atoms with Crippen molar-refractivity contribution in [2.24, 2.45) is 0 Å². The van der Waals surface area contributed by atoms with Gasteiger partial charge in [-0.15, -0.1) is 0 Å². The number of hydrogen-bond donors (Lipinski definition) is 0. The van der Waals surface area contributed by atoms with Gasteiger partial charge in [0, 0.05) is 94.1 Å². The third-order valence-corrected chi connectivity index (χ3v) is 0. The van der Waals surface area contributed by atoms with Crippen molar-refractivity contribution in [1.29, 1.82) is 0 Å². The van der Waals surface area contributed by atoms with E-state index in [4.69, 9.17) is 0 Å². The molecule has 0 saturated carbocycles. The second-order valence-electron chi connectivity index (χ2n) is 0. The van der Waals surface area contributed by atoms with E-state index in [1.54, 1.807) is 0 Å². The molecule has 5 radical (unpaired) electrons. The maximum atomic E-state index is 0. The molecule has 0 rings (SSSR count). The van der Waals surface area contributed by atoms with Crippen molar-refractivity contribution < 1.29 is 94.1 Å². The minimum absolute atomic E-state index is 0. The summed E-state index contributed by atoms with van der Waals surface area (Å²) in [7, 11) is 0. The number of rotatable bonds is 0. The molecule has 5 heteroatoms. The molecule has 0 saturated heterocycles. The molecule has 5 heavy (non-hydrogen) atoms. The van der Waals surface area contributed by atoms with Crippen LogP contribution in [0.4, 0.5) is 0 Å². The van der Waals surface area contributed by atoms with Crippen molar-refractivity contribution in [3.63, 3.8) is 0 Å². The molecular formula is Cu4Sc. The fraction of sp³-hybridized carbons (Fsp3) is 0. The van der Waals surface area contributed by atoms with Crippen LogP contribution >= 0.6 is 0 Å². The normalized spacial score (nSPS) is 0. The van der Waals surface area contributed by atoms with Crippen LogP contribution in [-0.2, 0) is 94.1 Å². The summed E-state index contributed by atoms with van der Waals surface area (Å²) in [5.74, 6) is 0. The Morgan fingerprint density at radius 1 is 0.400 bits per heavy atom. The zero-order valence-electron chi connectivity index (χ0n) is 1.78. The summed E-state index contributed by atoms with van der Waals surface area (Å²) >= 11 is 0. The first-order valence-corrected chi connectivity index (χ1v) is 0. The Morgan fingerprint density at radius 3 is 0.400 bits per heavy atom. The first-order valence-electron chi connectivity index (χ1n) is 0. The van der Waals surface area contributed by atoms with Crippen molar-refractivity contribution in [3.8, 4) is 0 Å². The molecule has 0 unspecified atom stereocenters. The van der Waals surface area contributed by atoms with Crippen molar-refractivity contribution in [2.45, 2.75) is 0 Å². The van der Waals surface area contributed by atoms with Gasteiger partial charge >= 0.3 is 0 Å². The maximum Gasteiger partial charge on any atom is 0 e. The first-order chi connectivity index (χ1) is 0. The summed E-state index contributed by atoms with van der Waals surface area (Å²) in [6.07, 6.45) is 0. The molecule has 0 aliphatic rings. The van der Waals surface area contributed by atoms with Crippen LogP contribution in [0, 0.1) is 0 Å². The zero-order valence-corrected chi connectivity index (χ0v) is 7.35. The summed E-state index contributed by atoms with van der Waals surface area (Å²) in [4.78, 5) is 0. The van der Waals surface area contributed by atoms with E-state index >= 15 is 0 Å². The average molecular weight is 299 g/mol. The van der Waals surface area contributed by atoms with Crippen molar-refractivity contribution >= 4 is 0 Å². The van der Waals surface area contributed by atoms with Gasteiger partial charge in [-0.1, -0.05) is 0 Å². The summed E-state index contributed by atoms with van der Waals surface area (Å²) in [5, 5.41) is 0. The largest absolute Gasteiger partial charge is 0 e. The van der Waals surface area contributed by atoms with Crippen molar-refractivity contribution in [2.75, 3.05) is 0 Å². The minimum atomic E-state index is 0. The first kappa shape index (κ1) is 44.1. The average Bonchev–Trinajstić information content (AvgIpc) is 0. The van der Waals surface area contributed by atoms with Crippen molar-refractivity contribution in [1.82, 2.24) is 0 Å². The summed E-state index contributed by atoms with van der Waals surface area (Å²) in [5.41, 5.74) is 0. The van der Waals surface area contributed by atoms with E-state index in [-0.39, 0.29) is 94.1 Å². The van der Waals surface area contributed by atoms with Crippen LogP contribution < -0.4 is 0 Å². The monoisotopic (exact) mass is 297 g/mol. The van der Waals surface area contributed by atoms with E-state index in [1.165, 1.54) is 0 Å². The molecule has 0 aliphatic carbocycles. The van der Waals surface area contributed by atoms with Gasteiger partial charge in [0.25, 0.3) is 0 Å². The smallest absolute Gasteiger partial charge is 0 e. The Hall–Kier alpha value is 2.95. The molecule has 0 aromatic carbocycles. The molecule has 0 atom stereocenters. The molecule has 0 fully saturated rings. The maximum absolute atomic E-state index is 0. The molecule has 0 amide bonds. The summed E-state index contributed by atoms with van der Waals surface area (Å²) in [6.45, 7) is 0. The fourth-order valence-corrected chi connectivity index (χ4v) is 0. The van der Waals surface area contributed by atoms with Gasteiger partial charge in [0.2, 0.25) is 0 Å². The van der Waals surface area contributed by atoms with E-state index < -0.39 is 0 Å². The Balaban J connectivity index is 0. The molecule has 0 aromatic heterocycles. The van der Waals surface area contributed by atoms with E-state index in [0.29, 0.717) is 0 Å². The van der Waals surface area contributed by atoms with Gasteiger partial charge in [-0.25, -0.2) is 0 Å². The third-order valence-electron chi connectivity index (χ3n) is 0. The molecular weight excluding hydrogens is 299 g/mol. The summed E-state index contributed by atoms with van der Waals surface area (Å²) < 4.78 is 0. The molecule has 0 aliphatic heterocycles. The van der Waals surface area contributed by atoms with Crippen LogP contribution in [0.15, 0.2) is 0 Å². The molecule has 0 N–H and O–H groups in total. The van der Waals surface area contributed by atoms with Crippen LogP contribution in [0.2, 0.25) is 0 Å². The Kier molecular flexibility index (Phi) is 250. The second kappa shape index (κ2) is 28.3. The number of hydrogen-bond acceptors (Lipinski definition) is 0. The Bertz CT molecular complexity index is 3.61. The standard InChI is InChI=1S/4Cu.Sc. The van der Waals surface area contributed by atoms with Gasteiger partial charge in [-0.05, 0) is 0 Å². The minimum Gasteiger partial charge on any atom is 0 e. The predicted molar refractivity (Wildman–Crippen MR) is 0 cm³/mol. The van der Waals surface area contributed by atoms with Gasteiger partial charge in [0.05, 0.1) is 0 Å². The van der Waals surface area contributed by atoms with Gasteiger partial charge in [0.1, 0.15) is 0 Å². The van der Waals surface area contributed by atoms with Gasteiger partial charge < -0.3 is 0 Å². The van der Waals surface area contributed by atoms with E-state index in [2.05, 4.69) is 0 Å². The Morgan fingerprint density at radius 2 is 0.400 bits per heavy atom. The molecule has 0 aromatic rings. The molecule has 0 heterocycles. The molecule has 47 valence electrons. The molecule has 0 spiro atoms. The van der Waals surface area contributed by atoms with E-state index in [9.17, 15) is 0 Å². The van der Waals surface area contributed by atoms with Crippen LogP contribution in [0.25, 0.3) is 0 Å². The molecule has 0 nitrogen and oxygen atoms in total. The van der Waals surface area contributed by atoms with E-state index in [0.717, 1.165) is 0 Å². The quantitative estimate of drug-likeness (QED) is 0.552. The van der Waals surface area contributed by atoms with E-state index in [1.807, 2.05) is 0 Å². The summed E-state index contributed by atoms with van der Waals surface area (Å²) in [6, 6.07) is 0. The SMILES string of the molecule is [Cu].[Cu].[Cu].[Cu].[Sc]. The molecule has 0 bridgehead atoms. The third kappa shape index (κ3) is 19.6. The van der Waals surface area contributed by atoms with Crippen LogP contribution in [-0.4, -0.2) is 0 Å². The zero-order chi connectivity index (χ0) is 0. The van der Waals surface area contributed by atoms with Gasteiger partial charge in [0.15, 0.2) is 0 Å². The fourth-order valence-electron chi connectivity index (χ4n) is 0. The van der Waals surface area contributed by atoms with Crippen LogP contribution in [0.3, 0.4) is 0 Å².